The van der Waals surface area contributed by atoms with Crippen LogP contribution in [0.15, 0.2) is 48.5 Å². The Hall–Kier alpha value is -2.77. The zero-order valence-electron chi connectivity index (χ0n) is 17.6. The summed E-state index contributed by atoms with van der Waals surface area (Å²) in [5.74, 6) is 0.349. The number of aromatic nitrogens is 1. The van der Waals surface area contributed by atoms with E-state index >= 15 is 0 Å². The van der Waals surface area contributed by atoms with Crippen molar-refractivity contribution in [1.29, 1.82) is 0 Å². The van der Waals surface area contributed by atoms with Crippen molar-refractivity contribution in [1.82, 2.24) is 9.88 Å². The van der Waals surface area contributed by atoms with Crippen LogP contribution in [0.1, 0.15) is 37.1 Å². The average molecular weight is 435 g/mol. The van der Waals surface area contributed by atoms with Crippen LogP contribution in [0.5, 0.6) is 0 Å². The number of hydrogen-bond acceptors (Lipinski definition) is 5. The molecule has 31 heavy (non-hydrogen) atoms. The Labute approximate surface area is 185 Å². The first kappa shape index (κ1) is 20.2. The predicted molar refractivity (Wildman–Crippen MR) is 125 cm³/mol. The number of amides is 2. The second-order valence-electron chi connectivity index (χ2n) is 8.48. The normalized spacial score (nSPS) is 22.1. The Bertz CT molecular complexity index is 1090. The van der Waals surface area contributed by atoms with Crippen molar-refractivity contribution in [3.8, 4) is 0 Å². The average Bonchev–Trinajstić information content (AvgIpc) is 3.14. The van der Waals surface area contributed by atoms with Gasteiger partial charge in [0, 0.05) is 24.9 Å². The maximum absolute atomic E-state index is 13.4. The number of thiazole rings is 1. The monoisotopic (exact) mass is 434 g/mol. The highest BCUT2D eigenvalue weighted by Crippen LogP contribution is 2.34. The van der Waals surface area contributed by atoms with Gasteiger partial charge in [-0.25, -0.2) is 4.98 Å². The Morgan fingerprint density at radius 3 is 2.87 bits per heavy atom. The molecular formula is C24H26N4O2S. The number of anilines is 2. The lowest BCUT2D eigenvalue weighted by molar-refractivity contribution is -0.120. The Morgan fingerprint density at radius 1 is 1.19 bits per heavy atom. The van der Waals surface area contributed by atoms with E-state index < -0.39 is 0 Å². The molecule has 0 aliphatic carbocycles. The molecule has 2 atom stereocenters. The van der Waals surface area contributed by atoms with Gasteiger partial charge >= 0.3 is 0 Å². The molecule has 0 bridgehead atoms. The molecule has 2 amide bonds. The summed E-state index contributed by atoms with van der Waals surface area (Å²) < 4.78 is 1.22. The topological polar surface area (TPSA) is 65.5 Å². The summed E-state index contributed by atoms with van der Waals surface area (Å²) in [7, 11) is 0. The lowest BCUT2D eigenvalue weighted by Crippen LogP contribution is -2.47. The zero-order valence-corrected chi connectivity index (χ0v) is 18.4. The molecule has 1 fully saturated rings. The van der Waals surface area contributed by atoms with Crippen LogP contribution in [0.4, 0.5) is 11.4 Å². The molecule has 5 rings (SSSR count). The van der Waals surface area contributed by atoms with Gasteiger partial charge in [0.25, 0.3) is 0 Å². The second kappa shape index (κ2) is 8.40. The van der Waals surface area contributed by atoms with Gasteiger partial charge in [-0.1, -0.05) is 24.3 Å². The van der Waals surface area contributed by atoms with Gasteiger partial charge in [-0.05, 0) is 50.6 Å². The molecule has 2 aliphatic heterocycles. The maximum Gasteiger partial charge on any atom is 0.241 e. The van der Waals surface area contributed by atoms with Gasteiger partial charge in [0.05, 0.1) is 33.1 Å². The van der Waals surface area contributed by atoms with Gasteiger partial charge in [0.15, 0.2) is 0 Å². The molecule has 0 unspecified atom stereocenters. The number of para-hydroxylation sites is 3. The Morgan fingerprint density at radius 2 is 2.00 bits per heavy atom. The van der Waals surface area contributed by atoms with Crippen LogP contribution in [0.2, 0.25) is 0 Å². The van der Waals surface area contributed by atoms with Gasteiger partial charge in [0.2, 0.25) is 11.8 Å². The summed E-state index contributed by atoms with van der Waals surface area (Å²) in [6.07, 6.45) is 2.46. The highest BCUT2D eigenvalue weighted by molar-refractivity contribution is 7.18. The number of rotatable bonds is 3. The van der Waals surface area contributed by atoms with Crippen LogP contribution in [0.25, 0.3) is 10.2 Å². The van der Waals surface area contributed by atoms with E-state index in [9.17, 15) is 9.59 Å². The third-order valence-electron chi connectivity index (χ3n) is 6.15. The minimum Gasteiger partial charge on any atom is -0.324 e. The van der Waals surface area contributed by atoms with Crippen LogP contribution in [-0.2, 0) is 9.59 Å². The van der Waals surface area contributed by atoms with E-state index in [0.717, 1.165) is 37.1 Å². The molecule has 160 valence electrons. The smallest absolute Gasteiger partial charge is 0.241 e. The molecule has 0 saturated carbocycles. The zero-order chi connectivity index (χ0) is 21.4. The van der Waals surface area contributed by atoms with Gasteiger partial charge in [-0.15, -0.1) is 11.3 Å². The number of piperidine rings is 1. The van der Waals surface area contributed by atoms with Gasteiger partial charge in [0.1, 0.15) is 0 Å². The first-order valence-electron chi connectivity index (χ1n) is 10.9. The van der Waals surface area contributed by atoms with E-state index in [0.29, 0.717) is 24.6 Å². The first-order valence-corrected chi connectivity index (χ1v) is 11.7. The van der Waals surface area contributed by atoms with E-state index in [1.54, 1.807) is 16.2 Å². The Balaban J connectivity index is 1.33. The highest BCUT2D eigenvalue weighted by Gasteiger charge is 2.32. The molecule has 6 nitrogen and oxygen atoms in total. The summed E-state index contributed by atoms with van der Waals surface area (Å²) in [6, 6.07) is 15.6. The lowest BCUT2D eigenvalue weighted by atomic mass is 9.98. The van der Waals surface area contributed by atoms with Gasteiger partial charge in [-0.2, -0.15) is 0 Å². The molecular weight excluding hydrogens is 408 g/mol. The maximum atomic E-state index is 13.4. The molecule has 2 aliphatic rings. The summed E-state index contributed by atoms with van der Waals surface area (Å²) in [4.78, 5) is 34.5. The minimum atomic E-state index is -0.180. The molecule has 1 N–H and O–H groups in total. The number of hydrogen-bond donors (Lipinski definition) is 1. The number of fused-ring (bicyclic) bond motifs is 2. The number of carbonyl (C=O) groups excluding carboxylic acids is 2. The molecule has 2 aromatic carbocycles. The molecule has 0 radical (unpaired) electrons. The fourth-order valence-electron chi connectivity index (χ4n) is 4.70. The summed E-state index contributed by atoms with van der Waals surface area (Å²) in [6.45, 7) is 4.05. The van der Waals surface area contributed by atoms with Crippen LogP contribution >= 0.6 is 11.3 Å². The quantitative estimate of drug-likeness (QED) is 0.670. The molecule has 1 aromatic heterocycles. The number of benzene rings is 2. The summed E-state index contributed by atoms with van der Waals surface area (Å²) in [5, 5.41) is 4.10. The number of nitrogens with zero attached hydrogens (tertiary/aromatic N) is 3. The van der Waals surface area contributed by atoms with Crippen molar-refractivity contribution in [2.45, 2.75) is 38.1 Å². The van der Waals surface area contributed by atoms with E-state index in [4.69, 9.17) is 4.98 Å². The third kappa shape index (κ3) is 4.07. The SMILES string of the molecule is C[C@@H]1CC(=O)Nc2ccccc2N1C(=O)CN1CCC[C@H](c2nc3ccccc3s2)C1. The fourth-order valence-corrected chi connectivity index (χ4v) is 5.79. The fraction of sp³-hybridized carbons (Fsp3) is 0.375. The van der Waals surface area contributed by atoms with E-state index in [2.05, 4.69) is 28.4 Å². The molecule has 0 spiro atoms. The van der Waals surface area contributed by atoms with Gasteiger partial charge in [-0.3, -0.25) is 14.5 Å². The molecule has 7 heteroatoms. The van der Waals surface area contributed by atoms with Crippen molar-refractivity contribution in [2.75, 3.05) is 29.9 Å². The minimum absolute atomic E-state index is 0.0430. The second-order valence-corrected chi connectivity index (χ2v) is 9.54. The summed E-state index contributed by atoms with van der Waals surface area (Å²) in [5.41, 5.74) is 2.55. The largest absolute Gasteiger partial charge is 0.324 e. The molecule has 3 heterocycles. The van der Waals surface area contributed by atoms with E-state index in [-0.39, 0.29) is 17.9 Å². The first-order chi connectivity index (χ1) is 15.1. The van der Waals surface area contributed by atoms with E-state index in [1.165, 1.54) is 9.71 Å². The molecule has 1 saturated heterocycles. The van der Waals surface area contributed by atoms with Crippen LogP contribution in [-0.4, -0.2) is 47.4 Å². The van der Waals surface area contributed by atoms with Crippen molar-refractivity contribution in [3.63, 3.8) is 0 Å². The number of likely N-dealkylation sites (tertiary alicyclic amines) is 1. The molecule has 3 aromatic rings. The predicted octanol–water partition coefficient (Wildman–Crippen LogP) is 4.24. The van der Waals surface area contributed by atoms with Crippen molar-refractivity contribution < 1.29 is 9.59 Å². The standard InChI is InChI=1S/C24H26N4O2S/c1-16-13-22(29)25-18-8-2-4-10-20(18)28(16)23(30)15-27-12-6-7-17(14-27)24-26-19-9-3-5-11-21(19)31-24/h2-5,8-11,16-17H,6-7,12-15H2,1H3,(H,25,29)/t16-,17+/m1/s1. The highest BCUT2D eigenvalue weighted by atomic mass is 32.1. The van der Waals surface area contributed by atoms with Crippen molar-refractivity contribution in [2.24, 2.45) is 0 Å². The van der Waals surface area contributed by atoms with Crippen molar-refractivity contribution in [3.05, 3.63) is 53.5 Å². The van der Waals surface area contributed by atoms with Crippen LogP contribution in [0, 0.1) is 0 Å². The van der Waals surface area contributed by atoms with Crippen LogP contribution in [0.3, 0.4) is 0 Å². The number of nitrogens with one attached hydrogen (secondary N) is 1. The van der Waals surface area contributed by atoms with Gasteiger partial charge < -0.3 is 10.2 Å². The van der Waals surface area contributed by atoms with E-state index in [1.807, 2.05) is 37.3 Å². The van der Waals surface area contributed by atoms with Crippen LogP contribution < -0.4 is 10.2 Å². The van der Waals surface area contributed by atoms with Crippen molar-refractivity contribution >= 4 is 44.7 Å². The lowest BCUT2D eigenvalue weighted by Gasteiger charge is -2.34. The number of carbonyl (C=O) groups is 2. The summed E-state index contributed by atoms with van der Waals surface area (Å²) >= 11 is 1.77. The third-order valence-corrected chi connectivity index (χ3v) is 7.35. The Kier molecular flexibility index (Phi) is 5.46.